The van der Waals surface area contributed by atoms with Crippen molar-refractivity contribution in [3.05, 3.63) is 16.8 Å². The molecular weight excluding hydrogens is 252 g/mol. The van der Waals surface area contributed by atoms with Gasteiger partial charge in [-0.1, -0.05) is 19.0 Å². The summed E-state index contributed by atoms with van der Waals surface area (Å²) in [5, 5.41) is 29.6. The molecule has 1 aromatic heterocycles. The molecule has 0 saturated carbocycles. The number of hydrogen-bond donors (Lipinski definition) is 3. The number of thioether (sulfide) groups is 1. The number of hydrogen-bond acceptors (Lipinski definition) is 6. The molecular formula is C11H18N4O2S. The van der Waals surface area contributed by atoms with Gasteiger partial charge in [-0.25, -0.2) is 0 Å². The third-order valence-corrected chi connectivity index (χ3v) is 3.45. The number of nitrogens with zero attached hydrogens (tertiary/aromatic N) is 3. The topological polar surface area (TPSA) is 105 Å². The fraction of sp³-hybridized carbons (Fsp3) is 0.545. The Morgan fingerprint density at radius 2 is 2.06 bits per heavy atom. The maximum Gasteiger partial charge on any atom is 0.173 e. The van der Waals surface area contributed by atoms with Crippen molar-refractivity contribution in [2.24, 2.45) is 10.9 Å². The normalized spacial score (nSPS) is 11.8. The predicted molar refractivity (Wildman–Crippen MR) is 71.1 cm³/mol. The fourth-order valence-electron chi connectivity index (χ4n) is 1.71. The van der Waals surface area contributed by atoms with Crippen LogP contribution in [0.1, 0.15) is 30.7 Å². The number of amidine groups is 1. The third kappa shape index (κ3) is 3.11. The maximum absolute atomic E-state index is 8.88. The Hall–Kier alpha value is -1.34. The van der Waals surface area contributed by atoms with Gasteiger partial charge in [-0.15, -0.1) is 16.9 Å². The molecule has 1 heterocycles. The second-order valence-electron chi connectivity index (χ2n) is 3.57. The highest BCUT2D eigenvalue weighted by molar-refractivity contribution is 7.99. The van der Waals surface area contributed by atoms with Gasteiger partial charge in [-0.2, -0.15) is 5.10 Å². The molecule has 0 spiro atoms. The van der Waals surface area contributed by atoms with Crippen LogP contribution in [-0.4, -0.2) is 38.7 Å². The molecule has 0 bridgehead atoms. The van der Waals surface area contributed by atoms with E-state index >= 15 is 0 Å². The van der Waals surface area contributed by atoms with Gasteiger partial charge >= 0.3 is 0 Å². The van der Waals surface area contributed by atoms with E-state index in [4.69, 9.17) is 16.0 Å². The molecule has 18 heavy (non-hydrogen) atoms. The van der Waals surface area contributed by atoms with Gasteiger partial charge in [0, 0.05) is 5.75 Å². The Morgan fingerprint density at radius 1 is 1.33 bits per heavy atom. The summed E-state index contributed by atoms with van der Waals surface area (Å²) in [6.07, 6.45) is 1.48. The van der Waals surface area contributed by atoms with Gasteiger partial charge in [0.25, 0.3) is 0 Å². The summed E-state index contributed by atoms with van der Waals surface area (Å²) in [6, 6.07) is 0. The zero-order chi connectivity index (χ0) is 13.5. The zero-order valence-corrected chi connectivity index (χ0v) is 11.4. The molecule has 0 saturated heterocycles. The van der Waals surface area contributed by atoms with Crippen molar-refractivity contribution in [2.75, 3.05) is 12.4 Å². The van der Waals surface area contributed by atoms with Gasteiger partial charge in [0.1, 0.15) is 5.03 Å². The Labute approximate surface area is 110 Å². The number of aliphatic hydroxyl groups is 1. The van der Waals surface area contributed by atoms with Gasteiger partial charge < -0.3 is 16.0 Å². The quantitative estimate of drug-likeness (QED) is 0.232. The second kappa shape index (κ2) is 7.17. The molecule has 100 valence electrons. The summed E-state index contributed by atoms with van der Waals surface area (Å²) in [4.78, 5) is 0. The van der Waals surface area contributed by atoms with Crippen molar-refractivity contribution in [1.82, 2.24) is 10.2 Å². The summed E-state index contributed by atoms with van der Waals surface area (Å²) >= 11 is 1.34. The van der Waals surface area contributed by atoms with E-state index in [1.54, 1.807) is 0 Å². The minimum absolute atomic E-state index is 0.0388. The lowest BCUT2D eigenvalue weighted by Gasteiger charge is -2.13. The van der Waals surface area contributed by atoms with E-state index in [1.165, 1.54) is 11.8 Å². The maximum atomic E-state index is 8.88. The molecule has 6 nitrogen and oxygen atoms in total. The first-order valence-electron chi connectivity index (χ1n) is 5.79. The number of aromatic nitrogens is 2. The SMILES string of the molecule is CCc1nnc(SCCO)c(C(N)=NO)c1CC. The summed E-state index contributed by atoms with van der Waals surface area (Å²) in [5.41, 5.74) is 8.15. The Kier molecular flexibility index (Phi) is 5.87. The lowest BCUT2D eigenvalue weighted by Crippen LogP contribution is -2.20. The van der Waals surface area contributed by atoms with Gasteiger partial charge in [0.05, 0.1) is 17.9 Å². The Balaban J connectivity index is 3.34. The van der Waals surface area contributed by atoms with E-state index in [0.29, 0.717) is 16.3 Å². The monoisotopic (exact) mass is 270 g/mol. The van der Waals surface area contributed by atoms with Crippen molar-refractivity contribution in [3.63, 3.8) is 0 Å². The highest BCUT2D eigenvalue weighted by Gasteiger charge is 2.18. The second-order valence-corrected chi connectivity index (χ2v) is 4.65. The predicted octanol–water partition coefficient (Wildman–Crippen LogP) is 0.780. The van der Waals surface area contributed by atoms with Crippen LogP contribution >= 0.6 is 11.8 Å². The molecule has 0 fully saturated rings. The first kappa shape index (κ1) is 14.7. The molecule has 0 radical (unpaired) electrons. The first-order chi connectivity index (χ1) is 8.69. The smallest absolute Gasteiger partial charge is 0.173 e. The van der Waals surface area contributed by atoms with Crippen molar-refractivity contribution < 1.29 is 10.3 Å². The van der Waals surface area contributed by atoms with Crippen LogP contribution in [0.5, 0.6) is 0 Å². The molecule has 0 unspecified atom stereocenters. The van der Waals surface area contributed by atoms with Gasteiger partial charge in [-0.05, 0) is 18.4 Å². The van der Waals surface area contributed by atoms with E-state index in [1.807, 2.05) is 13.8 Å². The molecule has 0 aliphatic heterocycles. The minimum Gasteiger partial charge on any atom is -0.409 e. The standard InChI is InChI=1S/C11H18N4O2S/c1-3-7-8(4-2)13-14-11(18-6-5-16)9(7)10(12)15-17/h16-17H,3-6H2,1-2H3,(H2,12,15). The molecule has 7 heteroatoms. The zero-order valence-electron chi connectivity index (χ0n) is 10.6. The Morgan fingerprint density at radius 3 is 2.56 bits per heavy atom. The molecule has 1 rings (SSSR count). The summed E-state index contributed by atoms with van der Waals surface area (Å²) in [7, 11) is 0. The first-order valence-corrected chi connectivity index (χ1v) is 6.78. The van der Waals surface area contributed by atoms with Gasteiger partial charge in [0.2, 0.25) is 0 Å². The van der Waals surface area contributed by atoms with Gasteiger partial charge in [-0.3, -0.25) is 0 Å². The van der Waals surface area contributed by atoms with E-state index in [2.05, 4.69) is 15.4 Å². The number of nitrogens with two attached hydrogens (primary N) is 1. The van der Waals surface area contributed by atoms with Crippen molar-refractivity contribution in [1.29, 1.82) is 0 Å². The number of aryl methyl sites for hydroxylation is 1. The van der Waals surface area contributed by atoms with Crippen LogP contribution in [0.25, 0.3) is 0 Å². The van der Waals surface area contributed by atoms with Gasteiger partial charge in [0.15, 0.2) is 5.84 Å². The largest absolute Gasteiger partial charge is 0.409 e. The third-order valence-electron chi connectivity index (χ3n) is 2.51. The number of rotatable bonds is 6. The molecule has 0 aromatic carbocycles. The molecule has 1 aromatic rings. The molecule has 0 amide bonds. The van der Waals surface area contributed by atoms with Crippen LogP contribution in [0.2, 0.25) is 0 Å². The van der Waals surface area contributed by atoms with E-state index in [0.717, 1.165) is 24.1 Å². The molecule has 0 aliphatic carbocycles. The van der Waals surface area contributed by atoms with Crippen LogP contribution in [0, 0.1) is 0 Å². The van der Waals surface area contributed by atoms with Crippen molar-refractivity contribution in [3.8, 4) is 0 Å². The Bertz CT molecular complexity index is 437. The average Bonchev–Trinajstić information content (AvgIpc) is 2.42. The van der Waals surface area contributed by atoms with E-state index in [9.17, 15) is 0 Å². The van der Waals surface area contributed by atoms with Crippen LogP contribution in [0.15, 0.2) is 10.2 Å². The molecule has 0 atom stereocenters. The highest BCUT2D eigenvalue weighted by atomic mass is 32.2. The fourth-order valence-corrected chi connectivity index (χ4v) is 2.47. The van der Waals surface area contributed by atoms with E-state index < -0.39 is 0 Å². The summed E-state index contributed by atoms with van der Waals surface area (Å²) in [6.45, 7) is 4.02. The molecule has 0 aliphatic rings. The van der Waals surface area contributed by atoms with Crippen LogP contribution < -0.4 is 5.73 Å². The summed E-state index contributed by atoms with van der Waals surface area (Å²) < 4.78 is 0. The van der Waals surface area contributed by atoms with Crippen LogP contribution in [-0.2, 0) is 12.8 Å². The van der Waals surface area contributed by atoms with E-state index in [-0.39, 0.29) is 12.4 Å². The number of oxime groups is 1. The number of aliphatic hydroxyl groups excluding tert-OH is 1. The van der Waals surface area contributed by atoms with Crippen LogP contribution in [0.3, 0.4) is 0 Å². The van der Waals surface area contributed by atoms with Crippen molar-refractivity contribution >= 4 is 17.6 Å². The lowest BCUT2D eigenvalue weighted by molar-refractivity contribution is 0.318. The minimum atomic E-state index is 0.0388. The highest BCUT2D eigenvalue weighted by Crippen LogP contribution is 2.24. The van der Waals surface area contributed by atoms with Crippen LogP contribution in [0.4, 0.5) is 0 Å². The van der Waals surface area contributed by atoms with Crippen molar-refractivity contribution in [2.45, 2.75) is 31.7 Å². The lowest BCUT2D eigenvalue weighted by atomic mass is 10.0. The average molecular weight is 270 g/mol. The molecule has 4 N–H and O–H groups in total. The summed E-state index contributed by atoms with van der Waals surface area (Å²) in [5.74, 6) is 0.534.